The van der Waals surface area contributed by atoms with E-state index in [-0.39, 0.29) is 40.8 Å². The van der Waals surface area contributed by atoms with Crippen molar-refractivity contribution in [2.75, 3.05) is 20.1 Å². The van der Waals surface area contributed by atoms with E-state index in [0.717, 1.165) is 30.3 Å². The monoisotopic (exact) mass is 619 g/mol. The number of ether oxygens (including phenoxy) is 2. The van der Waals surface area contributed by atoms with Gasteiger partial charge in [0.15, 0.2) is 32.4 Å². The molecule has 1 aliphatic heterocycles. The second-order valence-electron chi connectivity index (χ2n) is 9.11. The van der Waals surface area contributed by atoms with E-state index in [0.29, 0.717) is 12.7 Å². The Hall–Kier alpha value is -5.32. The lowest BCUT2D eigenvalue weighted by Crippen LogP contribution is -2.33. The number of carboxylic acids is 2. The van der Waals surface area contributed by atoms with E-state index in [9.17, 15) is 32.6 Å². The Bertz CT molecular complexity index is 1780. The summed E-state index contributed by atoms with van der Waals surface area (Å²) in [6.07, 6.45) is -0.645. The number of amidine groups is 2. The Balaban J connectivity index is 1.79. The molecule has 4 rings (SSSR count). The van der Waals surface area contributed by atoms with Gasteiger partial charge in [0.05, 0.1) is 29.6 Å². The number of hydrogen-bond donors (Lipinski definition) is 5. The quantitative estimate of drug-likeness (QED) is 0.154. The van der Waals surface area contributed by atoms with Gasteiger partial charge < -0.3 is 35.4 Å². The summed E-state index contributed by atoms with van der Waals surface area (Å²) in [7, 11) is -3.16. The number of sulfone groups is 1. The van der Waals surface area contributed by atoms with Gasteiger partial charge in [0.2, 0.25) is 11.6 Å². The molecule has 0 fully saturated rings. The molecule has 0 bridgehead atoms. The predicted molar refractivity (Wildman–Crippen MR) is 145 cm³/mol. The molecule has 1 aliphatic rings. The van der Waals surface area contributed by atoms with Gasteiger partial charge in [-0.05, 0) is 36.4 Å². The van der Waals surface area contributed by atoms with Gasteiger partial charge in [0, 0.05) is 19.2 Å². The Labute approximate surface area is 242 Å². The molecular formula is C26H23F2N5O9S. The number of aromatic hydroxyl groups is 1. The number of hydrogen-bond acceptors (Lipinski definition) is 11. The number of nitrogens with zero attached hydrogens (tertiary/aromatic N) is 3. The highest BCUT2D eigenvalue weighted by molar-refractivity contribution is 7.92. The van der Waals surface area contributed by atoms with Crippen molar-refractivity contribution in [3.63, 3.8) is 0 Å². The van der Waals surface area contributed by atoms with Crippen LogP contribution >= 0.6 is 0 Å². The second kappa shape index (κ2) is 11.9. The van der Waals surface area contributed by atoms with E-state index in [4.69, 9.17) is 25.7 Å². The number of likely N-dealkylation sites (N-methyl/N-ethyl adjacent to an activating group) is 1. The lowest BCUT2D eigenvalue weighted by atomic mass is 10.1. The third kappa shape index (κ3) is 6.30. The molecule has 1 aromatic heterocycles. The van der Waals surface area contributed by atoms with Crippen LogP contribution in [0.4, 0.5) is 8.78 Å². The average Bonchev–Trinajstić information content (AvgIpc) is 3.37. The van der Waals surface area contributed by atoms with E-state index in [1.807, 2.05) is 0 Å². The van der Waals surface area contributed by atoms with Gasteiger partial charge in [0.1, 0.15) is 17.4 Å². The predicted octanol–water partition coefficient (Wildman–Crippen LogP) is 2.33. The maximum atomic E-state index is 15.5. The molecule has 0 radical (unpaired) electrons. The first-order valence-corrected chi connectivity index (χ1v) is 13.7. The van der Waals surface area contributed by atoms with E-state index < -0.39 is 67.4 Å². The van der Waals surface area contributed by atoms with Gasteiger partial charge in [-0.25, -0.2) is 17.8 Å². The summed E-state index contributed by atoms with van der Waals surface area (Å²) in [6.45, 7) is 0.666. The number of carbonyl (C=O) groups is 2. The number of pyridine rings is 1. The molecule has 1 atom stereocenters. The lowest BCUT2D eigenvalue weighted by Gasteiger charge is -2.20. The Kier molecular flexibility index (Phi) is 8.47. The number of phenols is 1. The molecule has 0 aliphatic carbocycles. The van der Waals surface area contributed by atoms with E-state index >= 15 is 4.39 Å². The van der Waals surface area contributed by atoms with Crippen LogP contribution in [0.1, 0.15) is 17.5 Å². The number of aliphatic imine (C=N–C) groups is 1. The fourth-order valence-electron chi connectivity index (χ4n) is 4.00. The third-order valence-corrected chi connectivity index (χ3v) is 8.21. The Morgan fingerprint density at radius 1 is 1.14 bits per heavy atom. The van der Waals surface area contributed by atoms with Crippen molar-refractivity contribution in [1.29, 1.82) is 5.41 Å². The minimum absolute atomic E-state index is 0.0922. The topological polar surface area (TPSA) is 226 Å². The van der Waals surface area contributed by atoms with Gasteiger partial charge in [-0.15, -0.1) is 0 Å². The van der Waals surface area contributed by atoms with Crippen molar-refractivity contribution >= 4 is 33.4 Å². The Morgan fingerprint density at radius 2 is 1.86 bits per heavy atom. The fourth-order valence-corrected chi connectivity index (χ4v) is 5.50. The Morgan fingerprint density at radius 3 is 2.47 bits per heavy atom. The van der Waals surface area contributed by atoms with E-state index in [2.05, 4.69) is 9.98 Å². The van der Waals surface area contributed by atoms with Crippen LogP contribution in [0.15, 0.2) is 52.5 Å². The highest BCUT2D eigenvalue weighted by Gasteiger charge is 2.37. The van der Waals surface area contributed by atoms with E-state index in [1.54, 1.807) is 11.9 Å². The first kappa shape index (κ1) is 30.6. The normalized spacial score (nSPS) is 13.7. The number of nitrogens with one attached hydrogen (secondary N) is 1. The minimum atomic E-state index is -4.76. The average molecular weight is 620 g/mol. The van der Waals surface area contributed by atoms with Gasteiger partial charge in [0.25, 0.3) is 5.88 Å². The fraction of sp³-hybridized carbons (Fsp3) is 0.192. The molecular weight excluding hydrogens is 596 g/mol. The van der Waals surface area contributed by atoms with Crippen LogP contribution in [0.5, 0.6) is 28.9 Å². The molecule has 0 saturated heterocycles. The number of nitrogen functional groups attached to an aromatic ring is 1. The van der Waals surface area contributed by atoms with Crippen LogP contribution < -0.4 is 15.2 Å². The molecule has 1 unspecified atom stereocenters. The first-order chi connectivity index (χ1) is 20.2. The van der Waals surface area contributed by atoms with Crippen LogP contribution in [-0.2, 0) is 19.4 Å². The van der Waals surface area contributed by atoms with Crippen LogP contribution in [0, 0.1) is 17.0 Å². The standard InChI is InChI=1S/C26H23F2N5O9S/c1-33-7-6-31-24(33)14-9-13(43(39,40)19(26(37)38)10-20(35)36)3-5-17(14)41-22-15(27)11-32-25(21(22)28)42-18-8-12(23(29)30)2-4-16(18)34/h2-5,8-9,11,19,34H,6-7,10H2,1H3,(H3,29,30)(H,35,36)(H,37,38). The number of carboxylic acid groups (broad SMARTS) is 2. The van der Waals surface area contributed by atoms with Gasteiger partial charge >= 0.3 is 11.9 Å². The molecule has 6 N–H and O–H groups in total. The van der Waals surface area contributed by atoms with Crippen molar-refractivity contribution in [3.05, 3.63) is 65.4 Å². The van der Waals surface area contributed by atoms with Crippen LogP contribution in [-0.4, -0.2) is 82.6 Å². The first-order valence-electron chi connectivity index (χ1n) is 12.2. The highest BCUT2D eigenvalue weighted by atomic mass is 32.2. The summed E-state index contributed by atoms with van der Waals surface area (Å²) in [5, 5.41) is 33.8. The van der Waals surface area contributed by atoms with Crippen LogP contribution in [0.2, 0.25) is 0 Å². The van der Waals surface area contributed by atoms with Crippen LogP contribution in [0.3, 0.4) is 0 Å². The zero-order valence-corrected chi connectivity index (χ0v) is 22.9. The van der Waals surface area contributed by atoms with Gasteiger partial charge in [-0.2, -0.15) is 4.39 Å². The lowest BCUT2D eigenvalue weighted by molar-refractivity contribution is -0.143. The molecule has 0 amide bonds. The second-order valence-corrected chi connectivity index (χ2v) is 11.2. The van der Waals surface area contributed by atoms with Crippen molar-refractivity contribution in [1.82, 2.24) is 9.88 Å². The zero-order chi connectivity index (χ0) is 31.6. The number of benzene rings is 2. The molecule has 14 nitrogen and oxygen atoms in total. The SMILES string of the molecule is CN1CCN=C1c1cc(S(=O)(=O)C(CC(=O)O)C(=O)O)ccc1Oc1c(F)cnc(Oc2cc(C(=N)N)ccc2O)c1F. The van der Waals surface area contributed by atoms with Crippen molar-refractivity contribution in [2.45, 2.75) is 16.6 Å². The molecule has 0 spiro atoms. The van der Waals surface area contributed by atoms with Crippen LogP contribution in [0.25, 0.3) is 0 Å². The molecule has 2 heterocycles. The molecule has 43 heavy (non-hydrogen) atoms. The smallest absolute Gasteiger partial charge is 0.322 e. The minimum Gasteiger partial charge on any atom is -0.504 e. The zero-order valence-electron chi connectivity index (χ0n) is 22.1. The van der Waals surface area contributed by atoms with Crippen molar-refractivity contribution < 1.29 is 51.6 Å². The van der Waals surface area contributed by atoms with Gasteiger partial charge in [-0.1, -0.05) is 0 Å². The number of nitrogens with two attached hydrogens (primary N) is 1. The summed E-state index contributed by atoms with van der Waals surface area (Å²) >= 11 is 0. The summed E-state index contributed by atoms with van der Waals surface area (Å²) in [5.41, 5.74) is 5.47. The summed E-state index contributed by atoms with van der Waals surface area (Å²) in [6, 6.07) is 6.46. The number of rotatable bonds is 11. The summed E-state index contributed by atoms with van der Waals surface area (Å²) in [5.74, 6) is -9.50. The molecule has 226 valence electrons. The highest BCUT2D eigenvalue weighted by Crippen LogP contribution is 2.38. The maximum absolute atomic E-state index is 15.5. The van der Waals surface area contributed by atoms with Crippen molar-refractivity contribution in [3.8, 4) is 28.9 Å². The number of halogens is 2. The maximum Gasteiger partial charge on any atom is 0.322 e. The van der Waals surface area contributed by atoms with Gasteiger partial charge in [-0.3, -0.25) is 20.0 Å². The number of phenolic OH excluding ortho intramolecular Hbond substituents is 1. The third-order valence-electron chi connectivity index (χ3n) is 6.18. The number of aliphatic carboxylic acids is 2. The summed E-state index contributed by atoms with van der Waals surface area (Å²) in [4.78, 5) is 31.6. The van der Waals surface area contributed by atoms with E-state index in [1.165, 1.54) is 6.07 Å². The largest absolute Gasteiger partial charge is 0.504 e. The molecule has 17 heteroatoms. The molecule has 2 aromatic carbocycles. The van der Waals surface area contributed by atoms with Crippen molar-refractivity contribution in [2.24, 2.45) is 10.7 Å². The molecule has 0 saturated carbocycles. The summed E-state index contributed by atoms with van der Waals surface area (Å²) < 4.78 is 67.4. The number of aromatic nitrogens is 1. The molecule has 3 aromatic rings.